The van der Waals surface area contributed by atoms with Gasteiger partial charge in [-0.15, -0.1) is 0 Å². The van der Waals surface area contributed by atoms with E-state index in [9.17, 15) is 29.1 Å². The van der Waals surface area contributed by atoms with Crippen molar-refractivity contribution in [1.82, 2.24) is 15.3 Å². The molecule has 1 aliphatic rings. The molecule has 0 spiro atoms. The predicted octanol–water partition coefficient (Wildman–Crippen LogP) is 6.51. The van der Waals surface area contributed by atoms with Crippen LogP contribution >= 0.6 is 0 Å². The van der Waals surface area contributed by atoms with E-state index in [-0.39, 0.29) is 31.2 Å². The van der Waals surface area contributed by atoms with Crippen LogP contribution in [0.3, 0.4) is 0 Å². The summed E-state index contributed by atoms with van der Waals surface area (Å²) in [7, 11) is 0. The Bertz CT molecular complexity index is 2220. The lowest BCUT2D eigenvalue weighted by atomic mass is 10.0. The van der Waals surface area contributed by atoms with Gasteiger partial charge in [0.15, 0.2) is 11.8 Å². The van der Waals surface area contributed by atoms with Crippen LogP contribution in [0.15, 0.2) is 114 Å². The number of carboxylic acid groups (broad SMARTS) is 1. The summed E-state index contributed by atoms with van der Waals surface area (Å²) in [6.07, 6.45) is -1.04. The molecule has 15 nitrogen and oxygen atoms in total. The summed E-state index contributed by atoms with van der Waals surface area (Å²) in [6, 6.07) is 29.9. The number of benzene rings is 4. The largest absolute Gasteiger partial charge is 0.480 e. The van der Waals surface area contributed by atoms with Gasteiger partial charge in [0, 0.05) is 43.1 Å². The second-order valence-corrected chi connectivity index (χ2v) is 13.3. The smallest absolute Gasteiger partial charge is 0.413 e. The van der Waals surface area contributed by atoms with Crippen molar-refractivity contribution in [1.29, 1.82) is 5.41 Å². The summed E-state index contributed by atoms with van der Waals surface area (Å²) in [5.41, 5.74) is 3.42. The predicted molar refractivity (Wildman–Crippen MR) is 207 cm³/mol. The fraction of sp³-hybridized carbons (Fsp3) is 0.238. The summed E-state index contributed by atoms with van der Waals surface area (Å²) in [5.74, 6) is -2.57. The molecule has 0 unspecified atom stereocenters. The number of nitrogens with one attached hydrogen (secondary N) is 3. The van der Waals surface area contributed by atoms with Crippen molar-refractivity contribution in [3.05, 3.63) is 137 Å². The normalized spacial score (nSPS) is 13.3. The number of nitrogens with zero attached hydrogens (tertiary/aromatic N) is 2. The van der Waals surface area contributed by atoms with E-state index in [2.05, 4.69) is 10.6 Å². The van der Waals surface area contributed by atoms with E-state index < -0.39 is 42.1 Å². The van der Waals surface area contributed by atoms with Gasteiger partial charge in [0.05, 0.1) is 6.10 Å². The number of furan rings is 1. The van der Waals surface area contributed by atoms with Gasteiger partial charge < -0.3 is 29.2 Å². The molecule has 4 amide bonds. The minimum Gasteiger partial charge on any atom is -0.480 e. The number of piperidine rings is 1. The van der Waals surface area contributed by atoms with E-state index >= 15 is 0 Å². The van der Waals surface area contributed by atoms with Crippen LogP contribution in [0.1, 0.15) is 52.6 Å². The number of hydrogen-bond acceptors (Lipinski definition) is 10. The number of amides is 4. The van der Waals surface area contributed by atoms with Gasteiger partial charge in [-0.1, -0.05) is 72.8 Å². The monoisotopic (exact) mass is 775 g/mol. The molecule has 6 rings (SSSR count). The van der Waals surface area contributed by atoms with Crippen LogP contribution in [-0.4, -0.2) is 76.1 Å². The van der Waals surface area contributed by atoms with E-state index in [1.165, 1.54) is 13.0 Å². The van der Waals surface area contributed by atoms with Crippen LogP contribution in [0.25, 0.3) is 11.0 Å². The molecule has 57 heavy (non-hydrogen) atoms. The summed E-state index contributed by atoms with van der Waals surface area (Å²) < 4.78 is 16.3. The number of carbonyl (C=O) groups is 5. The van der Waals surface area contributed by atoms with Gasteiger partial charge in [-0.05, 0) is 65.9 Å². The lowest BCUT2D eigenvalue weighted by molar-refractivity contribution is -0.228. The molecule has 4 aromatic carbocycles. The standard InChI is InChI=1S/C42H41N5O10/c1-27(48)47(57-34-18-20-46(21-19-34)42(53)55-26-30-10-6-3-7-11-30)35(40(50)51)22-28-12-15-33(16-13-28)44-39(49)37-24-32-23-31(14-17-36(32)56-37)38(43)45-41(52)54-25-29-8-4-2-5-9-29/h2-17,23-24,34-35H,18-22,25-26H2,1H3,(H,44,49)(H,50,51)(H2,43,45,52)/t35-/m0/s1. The van der Waals surface area contributed by atoms with E-state index in [1.54, 1.807) is 47.4 Å². The molecular formula is C42H41N5O10. The summed E-state index contributed by atoms with van der Waals surface area (Å²) in [4.78, 5) is 70.5. The zero-order chi connectivity index (χ0) is 40.3. The van der Waals surface area contributed by atoms with Crippen LogP contribution in [0.2, 0.25) is 0 Å². The molecule has 1 saturated heterocycles. The van der Waals surface area contributed by atoms with Crippen molar-refractivity contribution in [2.45, 2.75) is 51.5 Å². The van der Waals surface area contributed by atoms with Gasteiger partial charge in [-0.25, -0.2) is 19.4 Å². The Kier molecular flexibility index (Phi) is 12.9. The molecule has 1 fully saturated rings. The Morgan fingerprint density at radius 2 is 1.47 bits per heavy atom. The van der Waals surface area contributed by atoms with Crippen LogP contribution in [0, 0.1) is 5.41 Å². The van der Waals surface area contributed by atoms with Crippen molar-refractivity contribution in [3.63, 3.8) is 0 Å². The Morgan fingerprint density at radius 1 is 0.842 bits per heavy atom. The first-order chi connectivity index (χ1) is 27.5. The topological polar surface area (TPSA) is 201 Å². The molecule has 1 aromatic heterocycles. The van der Waals surface area contributed by atoms with Crippen LogP contribution in [0.4, 0.5) is 15.3 Å². The molecule has 294 valence electrons. The van der Waals surface area contributed by atoms with E-state index in [0.717, 1.165) is 16.2 Å². The minimum atomic E-state index is -1.34. The Balaban J connectivity index is 0.998. The first-order valence-corrected chi connectivity index (χ1v) is 18.2. The third-order valence-corrected chi connectivity index (χ3v) is 9.16. The number of alkyl carbamates (subject to hydrolysis) is 1. The number of amidine groups is 1. The third-order valence-electron chi connectivity index (χ3n) is 9.16. The summed E-state index contributed by atoms with van der Waals surface area (Å²) in [5, 5.41) is 25.0. The SMILES string of the molecule is CC(=O)N(OC1CCN(C(=O)OCc2ccccc2)CC1)[C@@H](Cc1ccc(NC(=O)c2cc3cc(C(=N)NC(=O)OCc4ccccc4)ccc3o2)cc1)C(=O)O. The number of carboxylic acids is 1. The summed E-state index contributed by atoms with van der Waals surface area (Å²) in [6.45, 7) is 2.07. The lowest BCUT2D eigenvalue weighted by Gasteiger charge is -2.35. The molecule has 1 atom stereocenters. The van der Waals surface area contributed by atoms with Gasteiger partial charge in [-0.2, -0.15) is 0 Å². The molecule has 15 heteroatoms. The zero-order valence-electron chi connectivity index (χ0n) is 31.0. The number of ether oxygens (including phenoxy) is 2. The van der Waals surface area contributed by atoms with E-state index in [4.69, 9.17) is 24.1 Å². The molecule has 0 bridgehead atoms. The Morgan fingerprint density at radius 3 is 2.09 bits per heavy atom. The van der Waals surface area contributed by atoms with E-state index in [0.29, 0.717) is 53.7 Å². The van der Waals surface area contributed by atoms with Crippen molar-refractivity contribution in [3.8, 4) is 0 Å². The highest BCUT2D eigenvalue weighted by Crippen LogP contribution is 2.24. The number of rotatable bonds is 13. The fourth-order valence-corrected chi connectivity index (χ4v) is 6.14. The van der Waals surface area contributed by atoms with Crippen molar-refractivity contribution in [2.75, 3.05) is 18.4 Å². The lowest BCUT2D eigenvalue weighted by Crippen LogP contribution is -2.49. The van der Waals surface area contributed by atoms with Crippen molar-refractivity contribution >= 4 is 52.5 Å². The molecule has 0 aliphatic carbocycles. The number of likely N-dealkylation sites (tertiary alicyclic amines) is 1. The highest BCUT2D eigenvalue weighted by Gasteiger charge is 2.33. The second-order valence-electron chi connectivity index (χ2n) is 13.3. The molecule has 5 aromatic rings. The zero-order valence-corrected chi connectivity index (χ0v) is 31.0. The molecule has 0 radical (unpaired) electrons. The minimum absolute atomic E-state index is 0.00286. The van der Waals surface area contributed by atoms with Crippen LogP contribution in [-0.2, 0) is 43.5 Å². The quantitative estimate of drug-likeness (QED) is 0.0580. The Labute approximate surface area is 327 Å². The number of hydrogen-bond donors (Lipinski definition) is 4. The second kappa shape index (κ2) is 18.6. The average Bonchev–Trinajstić information content (AvgIpc) is 3.66. The summed E-state index contributed by atoms with van der Waals surface area (Å²) >= 11 is 0. The third kappa shape index (κ3) is 10.8. The van der Waals surface area contributed by atoms with E-state index in [1.807, 2.05) is 60.7 Å². The number of aliphatic carboxylic acids is 1. The highest BCUT2D eigenvalue weighted by molar-refractivity contribution is 6.08. The van der Waals surface area contributed by atoms with Crippen molar-refractivity contribution in [2.24, 2.45) is 0 Å². The molecule has 2 heterocycles. The molecule has 1 aliphatic heterocycles. The number of hydroxylamine groups is 2. The van der Waals surface area contributed by atoms with Gasteiger partial charge in [0.1, 0.15) is 24.6 Å². The number of anilines is 1. The Hall–Kier alpha value is -7.00. The maximum absolute atomic E-state index is 13.1. The van der Waals surface area contributed by atoms with Gasteiger partial charge in [0.2, 0.25) is 5.91 Å². The number of fused-ring (bicyclic) bond motifs is 1. The first kappa shape index (κ1) is 39.7. The van der Waals surface area contributed by atoms with Gasteiger partial charge in [-0.3, -0.25) is 25.2 Å². The highest BCUT2D eigenvalue weighted by atomic mass is 16.7. The first-order valence-electron chi connectivity index (χ1n) is 18.2. The van der Waals surface area contributed by atoms with Crippen LogP contribution < -0.4 is 10.6 Å². The maximum Gasteiger partial charge on any atom is 0.413 e. The number of carbonyl (C=O) groups excluding carboxylic acids is 4. The van der Waals surface area contributed by atoms with Gasteiger partial charge in [0.25, 0.3) is 5.91 Å². The van der Waals surface area contributed by atoms with Gasteiger partial charge >= 0.3 is 18.2 Å². The molecular weight excluding hydrogens is 734 g/mol. The van der Waals surface area contributed by atoms with Crippen molar-refractivity contribution < 1.29 is 47.8 Å². The molecule has 0 saturated carbocycles. The molecule has 4 N–H and O–H groups in total. The maximum atomic E-state index is 13.1. The average molecular weight is 776 g/mol. The fourth-order valence-electron chi connectivity index (χ4n) is 6.14. The van der Waals surface area contributed by atoms with Crippen LogP contribution in [0.5, 0.6) is 0 Å².